The van der Waals surface area contributed by atoms with Crippen LogP contribution in [0, 0.1) is 5.82 Å². The van der Waals surface area contributed by atoms with Crippen LogP contribution in [0.3, 0.4) is 0 Å². The number of primary amides is 1. The first-order chi connectivity index (χ1) is 10.1. The first kappa shape index (κ1) is 13.3. The molecule has 0 bridgehead atoms. The third-order valence-electron chi connectivity index (χ3n) is 3.29. The Hall–Kier alpha value is -2.66. The van der Waals surface area contributed by atoms with Gasteiger partial charge in [-0.25, -0.2) is 4.39 Å². The van der Waals surface area contributed by atoms with Crippen LogP contribution < -0.4 is 5.73 Å². The van der Waals surface area contributed by atoms with Gasteiger partial charge in [-0.1, -0.05) is 6.07 Å². The summed E-state index contributed by atoms with van der Waals surface area (Å²) in [4.78, 5) is 11.8. The number of furan rings is 1. The van der Waals surface area contributed by atoms with E-state index in [2.05, 4.69) is 0 Å². The highest BCUT2D eigenvalue weighted by Gasteiger charge is 2.20. The van der Waals surface area contributed by atoms with Gasteiger partial charge >= 0.3 is 0 Å². The van der Waals surface area contributed by atoms with Crippen molar-refractivity contribution in [2.24, 2.45) is 5.73 Å². The lowest BCUT2D eigenvalue weighted by atomic mass is 10.0. The Morgan fingerprint density at radius 2 is 1.90 bits per heavy atom. The maximum atomic E-state index is 13.0. The van der Waals surface area contributed by atoms with Gasteiger partial charge in [0.2, 0.25) is 0 Å². The number of benzene rings is 2. The van der Waals surface area contributed by atoms with Gasteiger partial charge in [-0.3, -0.25) is 4.79 Å². The number of hydrogen-bond acceptors (Lipinski definition) is 3. The van der Waals surface area contributed by atoms with E-state index in [9.17, 15) is 14.3 Å². The number of carbonyl (C=O) groups excluding carboxylic acids is 1. The molecule has 0 saturated carbocycles. The molecule has 0 aliphatic heterocycles. The topological polar surface area (TPSA) is 76.5 Å². The van der Waals surface area contributed by atoms with Crippen molar-refractivity contribution >= 4 is 16.9 Å². The molecule has 0 atom stereocenters. The summed E-state index contributed by atoms with van der Waals surface area (Å²) in [5, 5.41) is 9.73. The minimum atomic E-state index is -0.636. The summed E-state index contributed by atoms with van der Waals surface area (Å²) < 4.78 is 18.7. The van der Waals surface area contributed by atoms with E-state index in [4.69, 9.17) is 10.2 Å². The summed E-state index contributed by atoms with van der Waals surface area (Å²) in [6, 6.07) is 10.6. The third-order valence-corrected chi connectivity index (χ3v) is 3.29. The molecule has 0 saturated heterocycles. The number of aliphatic hydroxyl groups excluding tert-OH is 1. The smallest absolute Gasteiger partial charge is 0.253 e. The molecular formula is C16H12FNO3. The van der Waals surface area contributed by atoms with Gasteiger partial charge in [-0.2, -0.15) is 0 Å². The molecule has 0 aliphatic rings. The van der Waals surface area contributed by atoms with Crippen molar-refractivity contribution in [2.45, 2.75) is 6.61 Å². The Balaban J connectivity index is 2.29. The maximum Gasteiger partial charge on any atom is 0.253 e. The normalized spacial score (nSPS) is 11.0. The number of hydrogen-bond donors (Lipinski definition) is 2. The first-order valence-corrected chi connectivity index (χ1v) is 6.32. The summed E-state index contributed by atoms with van der Waals surface area (Å²) in [7, 11) is 0. The molecule has 2 aromatic carbocycles. The number of rotatable bonds is 3. The van der Waals surface area contributed by atoms with E-state index in [0.29, 0.717) is 27.9 Å². The lowest BCUT2D eigenvalue weighted by molar-refractivity contribution is 0.100. The number of fused-ring (bicyclic) bond motifs is 1. The molecule has 0 unspecified atom stereocenters. The fraction of sp³-hybridized carbons (Fsp3) is 0.0625. The predicted octanol–water partition coefficient (Wildman–Crippen LogP) is 2.83. The van der Waals surface area contributed by atoms with E-state index in [1.807, 2.05) is 0 Å². The van der Waals surface area contributed by atoms with Crippen LogP contribution in [0.5, 0.6) is 0 Å². The molecule has 21 heavy (non-hydrogen) atoms. The highest BCUT2D eigenvalue weighted by molar-refractivity contribution is 6.10. The summed E-state index contributed by atoms with van der Waals surface area (Å²) in [6.07, 6.45) is 0. The minimum absolute atomic E-state index is 0.148. The molecule has 3 rings (SSSR count). The molecule has 4 nitrogen and oxygen atoms in total. The lowest BCUT2D eigenvalue weighted by Gasteiger charge is -2.00. The number of aliphatic hydroxyl groups is 1. The summed E-state index contributed by atoms with van der Waals surface area (Å²) in [5.74, 6) is -0.714. The molecular weight excluding hydrogens is 273 g/mol. The van der Waals surface area contributed by atoms with Crippen LogP contribution in [0.25, 0.3) is 22.3 Å². The van der Waals surface area contributed by atoms with Gasteiger partial charge < -0.3 is 15.3 Å². The number of halogens is 1. The molecule has 1 amide bonds. The van der Waals surface area contributed by atoms with E-state index in [1.165, 1.54) is 24.3 Å². The maximum absolute atomic E-state index is 13.0. The molecule has 5 heteroatoms. The molecule has 0 fully saturated rings. The van der Waals surface area contributed by atoms with Crippen LogP contribution in [0.1, 0.15) is 15.9 Å². The van der Waals surface area contributed by atoms with Crippen LogP contribution in [-0.4, -0.2) is 11.0 Å². The van der Waals surface area contributed by atoms with Crippen LogP contribution in [0.2, 0.25) is 0 Å². The van der Waals surface area contributed by atoms with Crippen LogP contribution in [-0.2, 0) is 6.61 Å². The number of carbonyl (C=O) groups is 1. The Kier molecular flexibility index (Phi) is 3.19. The minimum Gasteiger partial charge on any atom is -0.455 e. The fourth-order valence-corrected chi connectivity index (χ4v) is 2.29. The Morgan fingerprint density at radius 1 is 1.19 bits per heavy atom. The molecule has 1 heterocycles. The van der Waals surface area contributed by atoms with Gasteiger partial charge in [-0.05, 0) is 42.0 Å². The average Bonchev–Trinajstić information content (AvgIpc) is 2.86. The summed E-state index contributed by atoms with van der Waals surface area (Å²) in [5.41, 5.74) is 7.37. The van der Waals surface area contributed by atoms with Crippen molar-refractivity contribution in [1.29, 1.82) is 0 Å². The van der Waals surface area contributed by atoms with Crippen LogP contribution >= 0.6 is 0 Å². The zero-order chi connectivity index (χ0) is 15.0. The van der Waals surface area contributed by atoms with Gasteiger partial charge in [-0.15, -0.1) is 0 Å². The largest absolute Gasteiger partial charge is 0.455 e. The van der Waals surface area contributed by atoms with Crippen LogP contribution in [0.15, 0.2) is 46.9 Å². The zero-order valence-electron chi connectivity index (χ0n) is 11.0. The standard InChI is InChI=1S/C16H12FNO3/c17-11-4-2-10(3-5-11)15-14(16(18)20)12-7-9(8-19)1-6-13(12)21-15/h1-7,19H,8H2,(H2,18,20). The lowest BCUT2D eigenvalue weighted by Crippen LogP contribution is -2.11. The van der Waals surface area contributed by atoms with Crippen LogP contribution in [0.4, 0.5) is 4.39 Å². The van der Waals surface area contributed by atoms with Crippen molar-refractivity contribution in [2.75, 3.05) is 0 Å². The van der Waals surface area contributed by atoms with Gasteiger partial charge in [0.15, 0.2) is 0 Å². The third kappa shape index (κ3) is 2.28. The number of nitrogens with two attached hydrogens (primary N) is 1. The second-order valence-electron chi connectivity index (χ2n) is 4.67. The highest BCUT2D eigenvalue weighted by atomic mass is 19.1. The number of amides is 1. The molecule has 3 N–H and O–H groups in total. The highest BCUT2D eigenvalue weighted by Crippen LogP contribution is 2.34. The zero-order valence-corrected chi connectivity index (χ0v) is 11.0. The Bertz CT molecular complexity index is 821. The molecule has 3 aromatic rings. The molecule has 106 valence electrons. The molecule has 0 radical (unpaired) electrons. The van der Waals surface area contributed by atoms with Crippen molar-refractivity contribution < 1.29 is 18.7 Å². The van der Waals surface area contributed by atoms with Gasteiger partial charge in [0.25, 0.3) is 5.91 Å². The van der Waals surface area contributed by atoms with E-state index in [0.717, 1.165) is 0 Å². The Morgan fingerprint density at radius 3 is 2.52 bits per heavy atom. The summed E-state index contributed by atoms with van der Waals surface area (Å²) in [6.45, 7) is -0.148. The van der Waals surface area contributed by atoms with Crippen molar-refractivity contribution in [3.05, 3.63) is 59.4 Å². The predicted molar refractivity (Wildman–Crippen MR) is 76.0 cm³/mol. The molecule has 0 spiro atoms. The Labute approximate surface area is 119 Å². The SMILES string of the molecule is NC(=O)c1c(-c2ccc(F)cc2)oc2ccc(CO)cc12. The van der Waals surface area contributed by atoms with E-state index in [-0.39, 0.29) is 18.0 Å². The van der Waals surface area contributed by atoms with E-state index in [1.54, 1.807) is 18.2 Å². The molecule has 0 aliphatic carbocycles. The van der Waals surface area contributed by atoms with Gasteiger partial charge in [0.05, 0.1) is 12.2 Å². The van der Waals surface area contributed by atoms with Crippen molar-refractivity contribution in [1.82, 2.24) is 0 Å². The molecule has 1 aromatic heterocycles. The van der Waals surface area contributed by atoms with E-state index >= 15 is 0 Å². The van der Waals surface area contributed by atoms with Crippen molar-refractivity contribution in [3.8, 4) is 11.3 Å². The quantitative estimate of drug-likeness (QED) is 0.776. The van der Waals surface area contributed by atoms with Crippen molar-refractivity contribution in [3.63, 3.8) is 0 Å². The van der Waals surface area contributed by atoms with Gasteiger partial charge in [0.1, 0.15) is 17.2 Å². The van der Waals surface area contributed by atoms with E-state index < -0.39 is 5.91 Å². The average molecular weight is 285 g/mol. The second kappa shape index (κ2) is 5.03. The van der Waals surface area contributed by atoms with Gasteiger partial charge in [0, 0.05) is 10.9 Å². The second-order valence-corrected chi connectivity index (χ2v) is 4.67. The monoisotopic (exact) mass is 285 g/mol. The summed E-state index contributed by atoms with van der Waals surface area (Å²) >= 11 is 0. The first-order valence-electron chi connectivity index (χ1n) is 6.32. The fourth-order valence-electron chi connectivity index (χ4n) is 2.29.